The molecule has 0 heterocycles. The molecule has 0 spiro atoms. The van der Waals surface area contributed by atoms with Crippen LogP contribution in [0.15, 0.2) is 133 Å². The van der Waals surface area contributed by atoms with Crippen molar-refractivity contribution in [1.29, 1.82) is 0 Å². The van der Waals surface area contributed by atoms with Crippen LogP contribution >= 0.6 is 0 Å². The maximum absolute atomic E-state index is 2.32. The summed E-state index contributed by atoms with van der Waals surface area (Å²) >= 11 is 0. The van der Waals surface area contributed by atoms with E-state index in [1.807, 2.05) is 0 Å². The molecule has 0 aliphatic carbocycles. The number of hydrogen-bond donors (Lipinski definition) is 0. The van der Waals surface area contributed by atoms with Crippen LogP contribution in [0.3, 0.4) is 0 Å². The van der Waals surface area contributed by atoms with Crippen molar-refractivity contribution in [1.82, 2.24) is 0 Å². The second-order valence-electron chi connectivity index (χ2n) is 8.00. The largest absolute Gasteiger partial charge is 0.311 e. The quantitative estimate of drug-likeness (QED) is 0.290. The molecule has 0 amide bonds. The number of hydrogen-bond acceptors (Lipinski definition) is 1. The molecule has 32 heavy (non-hydrogen) atoms. The van der Waals surface area contributed by atoms with E-state index in [4.69, 9.17) is 0 Å². The Bertz CT molecular complexity index is 1210. The van der Waals surface area contributed by atoms with Crippen molar-refractivity contribution in [2.45, 2.75) is 0 Å². The highest BCUT2D eigenvalue weighted by molar-refractivity contribution is 6.32. The average molecular weight is 409 g/mol. The van der Waals surface area contributed by atoms with E-state index in [0.717, 1.165) is 17.1 Å². The van der Waals surface area contributed by atoms with Gasteiger partial charge in [0.2, 0.25) is 0 Å². The molecule has 0 saturated carbocycles. The van der Waals surface area contributed by atoms with Crippen molar-refractivity contribution in [3.63, 3.8) is 0 Å². The summed E-state index contributed by atoms with van der Waals surface area (Å²) in [6.07, 6.45) is 0. The number of anilines is 3. The van der Waals surface area contributed by atoms with Gasteiger partial charge in [0.15, 0.2) is 0 Å². The minimum Gasteiger partial charge on any atom is -0.311 e. The Morgan fingerprint density at radius 2 is 0.812 bits per heavy atom. The Morgan fingerprint density at radius 3 is 1.25 bits per heavy atom. The first-order valence-electron chi connectivity index (χ1n) is 11.0. The van der Waals surface area contributed by atoms with Crippen molar-refractivity contribution < 1.29 is 0 Å². The van der Waals surface area contributed by atoms with Gasteiger partial charge in [-0.15, -0.1) is 0 Å². The van der Waals surface area contributed by atoms with Gasteiger partial charge in [0.1, 0.15) is 7.85 Å². The Kier molecular flexibility index (Phi) is 5.59. The van der Waals surface area contributed by atoms with E-state index in [1.165, 1.54) is 27.7 Å². The minimum absolute atomic E-state index is 1.14. The SMILES string of the molecule is Bc1cccc(N(c2ccc(-c3ccccc3)cc2)c2ccc(-c3ccccc3)cc2)c1. The lowest BCUT2D eigenvalue weighted by atomic mass is 9.95. The van der Waals surface area contributed by atoms with Gasteiger partial charge in [-0.25, -0.2) is 0 Å². The molecule has 0 aromatic heterocycles. The van der Waals surface area contributed by atoms with Crippen LogP contribution < -0.4 is 10.4 Å². The predicted molar refractivity (Wildman–Crippen MR) is 140 cm³/mol. The molecule has 152 valence electrons. The molecule has 0 bridgehead atoms. The summed E-state index contributed by atoms with van der Waals surface area (Å²) in [7, 11) is 2.14. The molecule has 2 heteroatoms. The molecule has 5 aromatic rings. The molecule has 5 aromatic carbocycles. The third-order valence-corrected chi connectivity index (χ3v) is 5.73. The third kappa shape index (κ3) is 4.21. The summed E-state index contributed by atoms with van der Waals surface area (Å²) in [4.78, 5) is 2.32. The van der Waals surface area contributed by atoms with Gasteiger partial charge in [-0.3, -0.25) is 0 Å². The van der Waals surface area contributed by atoms with Crippen molar-refractivity contribution in [2.75, 3.05) is 4.90 Å². The minimum atomic E-state index is 1.14. The number of nitrogens with zero attached hydrogens (tertiary/aromatic N) is 1. The number of rotatable bonds is 5. The van der Waals surface area contributed by atoms with Crippen LogP contribution in [0.1, 0.15) is 0 Å². The zero-order chi connectivity index (χ0) is 21.8. The summed E-state index contributed by atoms with van der Waals surface area (Å²) in [6.45, 7) is 0. The molecular formula is C30H24BN. The summed E-state index contributed by atoms with van der Waals surface area (Å²) in [6, 6.07) is 47.3. The Balaban J connectivity index is 1.54. The lowest BCUT2D eigenvalue weighted by Gasteiger charge is -2.26. The topological polar surface area (TPSA) is 3.24 Å². The van der Waals surface area contributed by atoms with Crippen LogP contribution in [0.4, 0.5) is 17.1 Å². The van der Waals surface area contributed by atoms with Crippen LogP contribution in [0.2, 0.25) is 0 Å². The first-order chi connectivity index (χ1) is 15.8. The molecule has 0 aliphatic rings. The Morgan fingerprint density at radius 1 is 0.375 bits per heavy atom. The lowest BCUT2D eigenvalue weighted by molar-refractivity contribution is 1.29. The van der Waals surface area contributed by atoms with Gasteiger partial charge < -0.3 is 4.90 Å². The molecule has 0 radical (unpaired) electrons. The van der Waals surface area contributed by atoms with Gasteiger partial charge in [0.05, 0.1) is 0 Å². The summed E-state index contributed by atoms with van der Waals surface area (Å²) in [5.41, 5.74) is 9.59. The average Bonchev–Trinajstić information content (AvgIpc) is 2.86. The molecule has 0 fully saturated rings. The predicted octanol–water partition coefficient (Wildman–Crippen LogP) is 6.75. The fraction of sp³-hybridized carbons (Fsp3) is 0. The Labute approximate surface area is 191 Å². The highest BCUT2D eigenvalue weighted by Crippen LogP contribution is 2.36. The second kappa shape index (κ2) is 8.99. The van der Waals surface area contributed by atoms with E-state index < -0.39 is 0 Å². The summed E-state index contributed by atoms with van der Waals surface area (Å²) in [5.74, 6) is 0. The van der Waals surface area contributed by atoms with E-state index in [-0.39, 0.29) is 0 Å². The molecule has 0 N–H and O–H groups in total. The van der Waals surface area contributed by atoms with Crippen molar-refractivity contribution in [3.05, 3.63) is 133 Å². The fourth-order valence-corrected chi connectivity index (χ4v) is 4.08. The van der Waals surface area contributed by atoms with E-state index in [2.05, 4.69) is 146 Å². The summed E-state index contributed by atoms with van der Waals surface area (Å²) < 4.78 is 0. The van der Waals surface area contributed by atoms with E-state index in [0.29, 0.717) is 0 Å². The molecule has 0 saturated heterocycles. The van der Waals surface area contributed by atoms with E-state index in [1.54, 1.807) is 0 Å². The highest BCUT2D eigenvalue weighted by Gasteiger charge is 2.13. The van der Waals surface area contributed by atoms with Crippen LogP contribution in [0.25, 0.3) is 22.3 Å². The number of benzene rings is 5. The maximum atomic E-state index is 2.32. The second-order valence-corrected chi connectivity index (χ2v) is 8.00. The zero-order valence-electron chi connectivity index (χ0n) is 18.1. The van der Waals surface area contributed by atoms with E-state index >= 15 is 0 Å². The zero-order valence-corrected chi connectivity index (χ0v) is 18.1. The normalized spacial score (nSPS) is 10.6. The molecule has 1 nitrogen and oxygen atoms in total. The first-order valence-corrected chi connectivity index (χ1v) is 11.0. The highest BCUT2D eigenvalue weighted by atomic mass is 15.1. The van der Waals surface area contributed by atoms with Crippen LogP contribution in [0, 0.1) is 0 Å². The van der Waals surface area contributed by atoms with Crippen molar-refractivity contribution >= 4 is 30.4 Å². The van der Waals surface area contributed by atoms with Gasteiger partial charge >= 0.3 is 0 Å². The van der Waals surface area contributed by atoms with E-state index in [9.17, 15) is 0 Å². The van der Waals surface area contributed by atoms with Crippen molar-refractivity contribution in [2.24, 2.45) is 0 Å². The monoisotopic (exact) mass is 409 g/mol. The van der Waals surface area contributed by atoms with Gasteiger partial charge in [-0.1, -0.05) is 103 Å². The van der Waals surface area contributed by atoms with Gasteiger partial charge in [0.25, 0.3) is 0 Å². The lowest BCUT2D eigenvalue weighted by Crippen LogP contribution is -2.12. The molecule has 0 aliphatic heterocycles. The molecular weight excluding hydrogens is 385 g/mol. The maximum Gasteiger partial charge on any atom is 0.139 e. The van der Waals surface area contributed by atoms with Crippen LogP contribution in [-0.4, -0.2) is 7.85 Å². The first kappa shape index (κ1) is 19.9. The Hall–Kier alpha value is -4.04. The van der Waals surface area contributed by atoms with Crippen LogP contribution in [0.5, 0.6) is 0 Å². The van der Waals surface area contributed by atoms with Crippen LogP contribution in [-0.2, 0) is 0 Å². The standard InChI is InChI=1S/C30H24BN/c31-27-12-7-13-30(22-27)32(28-18-14-25(15-19-28)23-8-3-1-4-9-23)29-20-16-26(17-21-29)24-10-5-2-6-11-24/h1-22H,31H2. The molecule has 0 atom stereocenters. The third-order valence-electron chi connectivity index (χ3n) is 5.73. The van der Waals surface area contributed by atoms with Gasteiger partial charge in [-0.2, -0.15) is 0 Å². The fourth-order valence-electron chi connectivity index (χ4n) is 4.08. The smallest absolute Gasteiger partial charge is 0.139 e. The van der Waals surface area contributed by atoms with Gasteiger partial charge in [-0.05, 0) is 58.7 Å². The summed E-state index contributed by atoms with van der Waals surface area (Å²) in [5, 5.41) is 0. The molecule has 0 unspecified atom stereocenters. The van der Waals surface area contributed by atoms with Crippen molar-refractivity contribution in [3.8, 4) is 22.3 Å². The van der Waals surface area contributed by atoms with Gasteiger partial charge in [0, 0.05) is 17.1 Å². The molecule has 5 rings (SSSR count).